The number of hydrogen-bond acceptors (Lipinski definition) is 5. The molecule has 1 aliphatic rings. The molecule has 0 aromatic rings. The number of hydrogen-bond donors (Lipinski definition) is 0. The number of rotatable bonds is 0. The molecule has 1 rings (SSSR count). The van der Waals surface area contributed by atoms with E-state index in [1.54, 1.807) is 0 Å². The van der Waals surface area contributed by atoms with Crippen molar-refractivity contribution in [2.45, 2.75) is 0 Å². The Bertz CT molecular complexity index is 178. The molecule has 0 radical (unpaired) electrons. The molecular weight excluding hydrogens is 200 g/mol. The highest BCUT2D eigenvalue weighted by molar-refractivity contribution is 4.80. The fourth-order valence-corrected chi connectivity index (χ4v) is 0.904. The lowest BCUT2D eigenvalue weighted by atomic mass is 10.7. The molecule has 5 nitrogen and oxygen atoms in total. The van der Waals surface area contributed by atoms with Crippen LogP contribution in [-0.2, 0) is 23.7 Å². The SMILES string of the molecule is C1#COCCOCCOCCOCCO1. The molecule has 86 valence electrons. The standard InChI is InChI=1S/C10H16O5/c1-2-12-5-6-14-9-10-15-8-7-13-4-3-11-1/h1-8H2. The first kappa shape index (κ1) is 12.1. The maximum absolute atomic E-state index is 5.25. The molecule has 0 fully saturated rings. The van der Waals surface area contributed by atoms with E-state index in [1.807, 2.05) is 0 Å². The highest BCUT2D eigenvalue weighted by atomic mass is 16.6. The minimum absolute atomic E-state index is 0.437. The van der Waals surface area contributed by atoms with Gasteiger partial charge in [0.05, 0.1) is 39.6 Å². The molecule has 0 N–H and O–H groups in total. The van der Waals surface area contributed by atoms with Crippen molar-refractivity contribution in [1.29, 1.82) is 0 Å². The van der Waals surface area contributed by atoms with Gasteiger partial charge in [-0.25, -0.2) is 0 Å². The van der Waals surface area contributed by atoms with E-state index in [0.29, 0.717) is 52.9 Å². The Morgan fingerprint density at radius 3 is 1.20 bits per heavy atom. The van der Waals surface area contributed by atoms with Crippen LogP contribution >= 0.6 is 0 Å². The average Bonchev–Trinajstić information content (AvgIpc) is 2.27. The summed E-state index contributed by atoms with van der Waals surface area (Å²) in [4.78, 5) is 0. The summed E-state index contributed by atoms with van der Waals surface area (Å²) in [7, 11) is 0. The topological polar surface area (TPSA) is 46.2 Å². The molecule has 15 heavy (non-hydrogen) atoms. The minimum atomic E-state index is 0.437. The molecule has 0 aromatic carbocycles. The van der Waals surface area contributed by atoms with Gasteiger partial charge in [-0.15, -0.1) is 0 Å². The molecule has 0 amide bonds. The van der Waals surface area contributed by atoms with Crippen LogP contribution in [0.4, 0.5) is 0 Å². The molecule has 1 heterocycles. The van der Waals surface area contributed by atoms with Gasteiger partial charge >= 0.3 is 0 Å². The second kappa shape index (κ2) is 9.59. The van der Waals surface area contributed by atoms with Crippen molar-refractivity contribution in [3.63, 3.8) is 0 Å². The van der Waals surface area contributed by atoms with E-state index in [1.165, 1.54) is 0 Å². The predicted octanol–water partition coefficient (Wildman–Crippen LogP) is 0.00140. The molecule has 0 aromatic heterocycles. The molecule has 0 bridgehead atoms. The smallest absolute Gasteiger partial charge is 0.155 e. The van der Waals surface area contributed by atoms with E-state index in [2.05, 4.69) is 12.2 Å². The Balaban J connectivity index is 2.10. The normalized spacial score (nSPS) is 20.8. The second-order valence-corrected chi connectivity index (χ2v) is 2.74. The van der Waals surface area contributed by atoms with Crippen LogP contribution < -0.4 is 0 Å². The largest absolute Gasteiger partial charge is 0.442 e. The van der Waals surface area contributed by atoms with Crippen molar-refractivity contribution in [1.82, 2.24) is 0 Å². The van der Waals surface area contributed by atoms with Crippen LogP contribution in [0.5, 0.6) is 0 Å². The Kier molecular flexibility index (Phi) is 7.74. The molecule has 1 aliphatic heterocycles. The monoisotopic (exact) mass is 216 g/mol. The lowest BCUT2D eigenvalue weighted by Gasteiger charge is -2.05. The first-order chi connectivity index (χ1) is 7.50. The van der Waals surface area contributed by atoms with E-state index in [4.69, 9.17) is 23.7 Å². The molecule has 0 aliphatic carbocycles. The Labute approximate surface area is 89.6 Å². The van der Waals surface area contributed by atoms with Crippen LogP contribution in [0.15, 0.2) is 0 Å². The van der Waals surface area contributed by atoms with Gasteiger partial charge in [0, 0.05) is 0 Å². The van der Waals surface area contributed by atoms with Gasteiger partial charge in [-0.3, -0.25) is 0 Å². The van der Waals surface area contributed by atoms with E-state index < -0.39 is 0 Å². The van der Waals surface area contributed by atoms with Gasteiger partial charge in [0.15, 0.2) is 12.2 Å². The molecule has 0 saturated carbocycles. The molecule has 5 heteroatoms. The third kappa shape index (κ3) is 8.06. The van der Waals surface area contributed by atoms with Gasteiger partial charge in [-0.1, -0.05) is 0 Å². The Morgan fingerprint density at radius 1 is 0.467 bits per heavy atom. The van der Waals surface area contributed by atoms with Gasteiger partial charge in [-0.05, 0) is 0 Å². The van der Waals surface area contributed by atoms with Gasteiger partial charge in [-0.2, -0.15) is 0 Å². The van der Waals surface area contributed by atoms with E-state index in [-0.39, 0.29) is 0 Å². The quantitative estimate of drug-likeness (QED) is 0.533. The molecule has 0 saturated heterocycles. The highest BCUT2D eigenvalue weighted by Gasteiger charge is 1.92. The van der Waals surface area contributed by atoms with Crippen molar-refractivity contribution in [2.75, 3.05) is 52.9 Å². The Hall–Kier alpha value is -0.960. The zero-order chi connectivity index (χ0) is 10.6. The van der Waals surface area contributed by atoms with Crippen LogP contribution in [0.1, 0.15) is 0 Å². The predicted molar refractivity (Wildman–Crippen MR) is 52.1 cm³/mol. The molecule has 0 spiro atoms. The summed E-state index contributed by atoms with van der Waals surface area (Å²) in [6.07, 6.45) is 4.83. The summed E-state index contributed by atoms with van der Waals surface area (Å²) >= 11 is 0. The van der Waals surface area contributed by atoms with Crippen molar-refractivity contribution in [3.05, 3.63) is 0 Å². The second-order valence-electron chi connectivity index (χ2n) is 2.74. The fourth-order valence-electron chi connectivity index (χ4n) is 0.904. The van der Waals surface area contributed by atoms with Crippen molar-refractivity contribution >= 4 is 0 Å². The van der Waals surface area contributed by atoms with Gasteiger partial charge in [0.2, 0.25) is 0 Å². The summed E-state index contributed by atoms with van der Waals surface area (Å²) in [6, 6.07) is 0. The molecule has 0 unspecified atom stereocenters. The van der Waals surface area contributed by atoms with Crippen LogP contribution in [0.2, 0.25) is 0 Å². The lowest BCUT2D eigenvalue weighted by molar-refractivity contribution is 0.00390. The third-order valence-electron chi connectivity index (χ3n) is 1.59. The zero-order valence-corrected chi connectivity index (χ0v) is 8.70. The maximum Gasteiger partial charge on any atom is 0.155 e. The zero-order valence-electron chi connectivity index (χ0n) is 8.70. The third-order valence-corrected chi connectivity index (χ3v) is 1.59. The number of ether oxygens (including phenoxy) is 5. The summed E-state index contributed by atoms with van der Waals surface area (Å²) in [5.41, 5.74) is 0. The van der Waals surface area contributed by atoms with E-state index in [0.717, 1.165) is 0 Å². The van der Waals surface area contributed by atoms with Crippen LogP contribution in [0, 0.1) is 12.2 Å². The minimum Gasteiger partial charge on any atom is -0.442 e. The molecular formula is C10H16O5. The summed E-state index contributed by atoms with van der Waals surface area (Å²) < 4.78 is 25.5. The lowest BCUT2D eigenvalue weighted by Crippen LogP contribution is -2.12. The van der Waals surface area contributed by atoms with Crippen molar-refractivity contribution < 1.29 is 23.7 Å². The summed E-state index contributed by atoms with van der Waals surface area (Å²) in [5, 5.41) is 0. The van der Waals surface area contributed by atoms with E-state index >= 15 is 0 Å². The first-order valence-electron chi connectivity index (χ1n) is 4.97. The van der Waals surface area contributed by atoms with Crippen LogP contribution in [-0.4, -0.2) is 52.9 Å². The molecule has 0 atom stereocenters. The van der Waals surface area contributed by atoms with Gasteiger partial charge in [0.1, 0.15) is 13.2 Å². The summed E-state index contributed by atoms with van der Waals surface area (Å²) in [6.45, 7) is 4.17. The highest BCUT2D eigenvalue weighted by Crippen LogP contribution is 1.84. The first-order valence-corrected chi connectivity index (χ1v) is 4.97. The van der Waals surface area contributed by atoms with Crippen LogP contribution in [0.25, 0.3) is 0 Å². The summed E-state index contributed by atoms with van der Waals surface area (Å²) in [5.74, 6) is 0. The van der Waals surface area contributed by atoms with Crippen molar-refractivity contribution in [2.24, 2.45) is 0 Å². The Morgan fingerprint density at radius 2 is 0.800 bits per heavy atom. The fraction of sp³-hybridized carbons (Fsp3) is 0.800. The van der Waals surface area contributed by atoms with Crippen molar-refractivity contribution in [3.8, 4) is 12.2 Å². The van der Waals surface area contributed by atoms with E-state index in [9.17, 15) is 0 Å². The van der Waals surface area contributed by atoms with Gasteiger partial charge in [0.25, 0.3) is 0 Å². The van der Waals surface area contributed by atoms with Gasteiger partial charge < -0.3 is 23.7 Å². The van der Waals surface area contributed by atoms with Crippen LogP contribution in [0.3, 0.4) is 0 Å². The maximum atomic E-state index is 5.25. The average molecular weight is 216 g/mol.